The summed E-state index contributed by atoms with van der Waals surface area (Å²) >= 11 is 0. The van der Waals surface area contributed by atoms with Crippen LogP contribution in [0.1, 0.15) is 87.5 Å². The van der Waals surface area contributed by atoms with Crippen LogP contribution >= 0.6 is 0 Å². The zero-order valence-corrected chi connectivity index (χ0v) is 31.8. The fourth-order valence-electron chi connectivity index (χ4n) is 7.80. The van der Waals surface area contributed by atoms with Gasteiger partial charge in [-0.05, 0) is 60.5 Å². The van der Waals surface area contributed by atoms with E-state index in [4.69, 9.17) is 30.2 Å². The van der Waals surface area contributed by atoms with Crippen molar-refractivity contribution in [1.82, 2.24) is 10.2 Å². The number of nitrogens with zero attached hydrogens (tertiary/aromatic N) is 2. The molecule has 0 aliphatic carbocycles. The number of ether oxygens (including phenoxy) is 4. The van der Waals surface area contributed by atoms with Gasteiger partial charge in [0.25, 0.3) is 0 Å². The fourth-order valence-corrected chi connectivity index (χ4v) is 7.80. The molecule has 14 atom stereocenters. The Morgan fingerprint density at radius 1 is 1.14 bits per heavy atom. The predicted molar refractivity (Wildman–Crippen MR) is 188 cm³/mol. The van der Waals surface area contributed by atoms with Gasteiger partial charge in [0.05, 0.1) is 29.6 Å². The van der Waals surface area contributed by atoms with E-state index in [0.29, 0.717) is 31.6 Å². The molecule has 0 aromatic carbocycles. The van der Waals surface area contributed by atoms with Gasteiger partial charge in [-0.2, -0.15) is 0 Å². The number of carbonyl (C=O) groups is 2. The Bertz CT molecular complexity index is 1200. The lowest BCUT2D eigenvalue weighted by molar-refractivity contribution is -0.295. The minimum atomic E-state index is -1.89. The zero-order valence-electron chi connectivity index (χ0n) is 31.8. The summed E-state index contributed by atoms with van der Waals surface area (Å²) in [5.41, 5.74) is -2.63. The summed E-state index contributed by atoms with van der Waals surface area (Å²) in [6, 6.07) is -0.328. The second kappa shape index (κ2) is 18.1. The van der Waals surface area contributed by atoms with Crippen molar-refractivity contribution in [1.29, 1.82) is 0 Å². The number of hydrogen-bond acceptors (Lipinski definition) is 13. The van der Waals surface area contributed by atoms with Crippen molar-refractivity contribution < 1.29 is 48.7 Å². The first kappa shape index (κ1) is 42.3. The largest absolute Gasteiger partial charge is 0.459 e. The van der Waals surface area contributed by atoms with E-state index in [9.17, 15) is 24.9 Å². The van der Waals surface area contributed by atoms with Crippen molar-refractivity contribution >= 4 is 17.5 Å². The van der Waals surface area contributed by atoms with Gasteiger partial charge < -0.3 is 44.4 Å². The number of aliphatic hydroxyl groups is 3. The predicted octanol–water partition coefficient (Wildman–Crippen LogP) is 2.28. The van der Waals surface area contributed by atoms with Crippen molar-refractivity contribution in [2.24, 2.45) is 28.8 Å². The smallest absolute Gasteiger partial charge is 0.316 e. The number of hydrogen-bond donors (Lipinski definition) is 4. The maximum absolute atomic E-state index is 14.2. The van der Waals surface area contributed by atoms with E-state index in [2.05, 4.69) is 16.4 Å². The minimum absolute atomic E-state index is 0.167. The monoisotopic (exact) mass is 709 g/mol. The summed E-state index contributed by atoms with van der Waals surface area (Å²) in [4.78, 5) is 35.7. The van der Waals surface area contributed by atoms with Crippen LogP contribution in [0.3, 0.4) is 0 Å². The fraction of sp³-hybridized carbons (Fsp3) is 0.865. The molecule has 3 aliphatic rings. The Kier molecular flexibility index (Phi) is 15.3. The number of nitrogens with one attached hydrogen (secondary N) is 1. The van der Waals surface area contributed by atoms with E-state index in [1.165, 1.54) is 21.0 Å². The first-order chi connectivity index (χ1) is 23.4. The SMILES string of the molecule is C#CCCN(C)[C@H]1C[C@@H](C)O[C@@H](O[C@@H]2[C@@H](C)C(=O)[C@@H](C)C(=O)O[C@H](CC)[C@@](C)(O)[C@H](O)[C@@H](C)C(=NO[C@@H]3CCNC3)[C@H](C)C[C@@]2(C)OC)[C@@H]1O. The summed E-state index contributed by atoms with van der Waals surface area (Å²) in [6.07, 6.45) is 1.51. The van der Waals surface area contributed by atoms with Crippen LogP contribution in [0, 0.1) is 36.0 Å². The second-order valence-electron chi connectivity index (χ2n) is 15.2. The average Bonchev–Trinajstić information content (AvgIpc) is 3.61. The molecule has 3 aliphatic heterocycles. The van der Waals surface area contributed by atoms with Gasteiger partial charge >= 0.3 is 5.97 Å². The quantitative estimate of drug-likeness (QED) is 0.120. The number of aliphatic hydroxyl groups excluding tert-OH is 2. The molecule has 286 valence electrons. The molecule has 3 saturated heterocycles. The Morgan fingerprint density at radius 3 is 2.40 bits per heavy atom. The molecular weight excluding hydrogens is 646 g/mol. The van der Waals surface area contributed by atoms with Gasteiger partial charge in [0.1, 0.15) is 29.8 Å². The van der Waals surface area contributed by atoms with Gasteiger partial charge in [-0.3, -0.25) is 14.5 Å². The standard InChI is InChI=1S/C37H63N3O10/c1-12-14-17-40(10)27-18-22(4)47-35(31(27)42)49-33-24(6)30(41)25(7)34(44)48-28(13-2)37(9,45)32(43)23(5)29(21(3)19-36(33,8)46-11)39-50-26-15-16-38-20-26/h1,21-28,31-33,35,38,42-43,45H,13-20H2,2-11H3/t21-,22-,23+,24+,25-,26-,27+,28-,31-,32-,33-,35+,36-,37-/m1/s1. The lowest BCUT2D eigenvalue weighted by Crippen LogP contribution is -2.60. The lowest BCUT2D eigenvalue weighted by atomic mass is 9.74. The summed E-state index contributed by atoms with van der Waals surface area (Å²) in [7, 11) is 3.41. The van der Waals surface area contributed by atoms with Gasteiger partial charge in [0.15, 0.2) is 12.1 Å². The summed E-state index contributed by atoms with van der Waals surface area (Å²) in [6.45, 7) is 15.7. The number of likely N-dealkylation sites (N-methyl/N-ethyl adjacent to an activating group) is 1. The molecule has 0 aromatic heterocycles. The van der Waals surface area contributed by atoms with Gasteiger partial charge in [-0.25, -0.2) is 0 Å². The number of esters is 1. The highest BCUT2D eigenvalue weighted by molar-refractivity contribution is 6.00. The lowest BCUT2D eigenvalue weighted by Gasteiger charge is -2.47. The highest BCUT2D eigenvalue weighted by atomic mass is 16.7. The molecule has 13 nitrogen and oxygen atoms in total. The van der Waals surface area contributed by atoms with Gasteiger partial charge in [0, 0.05) is 56.8 Å². The Balaban J connectivity index is 2.12. The number of Topliss-reactive ketones (excluding diaryl/α,β-unsaturated/α-hetero) is 1. The van der Waals surface area contributed by atoms with Crippen LogP contribution in [0.2, 0.25) is 0 Å². The van der Waals surface area contributed by atoms with Crippen LogP contribution in [0.4, 0.5) is 0 Å². The molecule has 13 heteroatoms. The number of rotatable bonds is 9. The molecule has 0 saturated carbocycles. The summed E-state index contributed by atoms with van der Waals surface area (Å²) in [5, 5.41) is 42.9. The molecule has 3 rings (SSSR count). The highest BCUT2D eigenvalue weighted by Crippen LogP contribution is 2.38. The van der Waals surface area contributed by atoms with Crippen molar-refractivity contribution in [3.05, 3.63) is 0 Å². The molecule has 0 spiro atoms. The third kappa shape index (κ3) is 9.63. The molecule has 50 heavy (non-hydrogen) atoms. The van der Waals surface area contributed by atoms with Crippen LogP contribution in [-0.2, 0) is 33.4 Å². The van der Waals surface area contributed by atoms with Crippen molar-refractivity contribution in [2.75, 3.05) is 33.8 Å². The van der Waals surface area contributed by atoms with Crippen LogP contribution in [0.5, 0.6) is 0 Å². The molecule has 4 N–H and O–H groups in total. The molecule has 0 aromatic rings. The number of cyclic esters (lactones) is 1. The van der Waals surface area contributed by atoms with Crippen LogP contribution in [0.25, 0.3) is 0 Å². The molecule has 0 amide bonds. The Morgan fingerprint density at radius 2 is 1.82 bits per heavy atom. The summed E-state index contributed by atoms with van der Waals surface area (Å²) < 4.78 is 24.8. The Hall–Kier alpha value is -2.15. The number of oxime groups is 1. The normalized spacial score (nSPS) is 43.3. The van der Waals surface area contributed by atoms with Crippen LogP contribution in [0.15, 0.2) is 5.16 Å². The third-order valence-corrected chi connectivity index (χ3v) is 11.2. The first-order valence-corrected chi connectivity index (χ1v) is 18.2. The van der Waals surface area contributed by atoms with Gasteiger partial charge in [-0.1, -0.05) is 32.9 Å². The van der Waals surface area contributed by atoms with E-state index < -0.39 is 77.3 Å². The Labute approximate surface area is 298 Å². The molecule has 0 radical (unpaired) electrons. The highest BCUT2D eigenvalue weighted by Gasteiger charge is 2.51. The topological polar surface area (TPSA) is 169 Å². The van der Waals surface area contributed by atoms with E-state index >= 15 is 0 Å². The van der Waals surface area contributed by atoms with Crippen LogP contribution in [-0.4, -0.2) is 132 Å². The number of terminal acetylenes is 1. The maximum atomic E-state index is 14.2. The zero-order chi connectivity index (χ0) is 37.6. The average molecular weight is 710 g/mol. The summed E-state index contributed by atoms with van der Waals surface area (Å²) in [5.74, 6) is -2.00. The van der Waals surface area contributed by atoms with Gasteiger partial charge in [0.2, 0.25) is 0 Å². The van der Waals surface area contributed by atoms with E-state index in [-0.39, 0.29) is 31.1 Å². The first-order valence-electron chi connectivity index (χ1n) is 18.2. The molecule has 3 fully saturated rings. The molecular formula is C37H63N3O10. The number of ketones is 1. The van der Waals surface area contributed by atoms with E-state index in [1.54, 1.807) is 20.8 Å². The number of methoxy groups -OCH3 is 1. The van der Waals surface area contributed by atoms with Crippen molar-refractivity contribution in [3.8, 4) is 12.3 Å². The molecule has 0 bridgehead atoms. The molecule has 3 heterocycles. The van der Waals surface area contributed by atoms with Crippen molar-refractivity contribution in [2.45, 2.75) is 148 Å². The maximum Gasteiger partial charge on any atom is 0.316 e. The second-order valence-corrected chi connectivity index (χ2v) is 15.2. The van der Waals surface area contributed by atoms with Crippen LogP contribution < -0.4 is 5.32 Å². The molecule has 0 unspecified atom stereocenters. The number of carbonyl (C=O) groups excluding carboxylic acids is 2. The van der Waals surface area contributed by atoms with E-state index in [1.807, 2.05) is 32.7 Å². The third-order valence-electron chi connectivity index (χ3n) is 11.2. The van der Waals surface area contributed by atoms with Crippen molar-refractivity contribution in [3.63, 3.8) is 0 Å². The van der Waals surface area contributed by atoms with E-state index in [0.717, 1.165) is 13.0 Å². The minimum Gasteiger partial charge on any atom is -0.459 e. The van der Waals surface area contributed by atoms with Gasteiger partial charge in [-0.15, -0.1) is 12.3 Å².